The number of aliphatic carboxylic acids is 1. The van der Waals surface area contributed by atoms with Crippen LogP contribution in [0.4, 0.5) is 18.9 Å². The van der Waals surface area contributed by atoms with Gasteiger partial charge in [0.15, 0.2) is 17.2 Å². The molecule has 1 aliphatic carbocycles. The van der Waals surface area contributed by atoms with E-state index in [-0.39, 0.29) is 5.91 Å². The van der Waals surface area contributed by atoms with Gasteiger partial charge in [-0.15, -0.1) is 5.10 Å². The average molecular weight is 562 g/mol. The number of hydrogen-bond acceptors (Lipinski definition) is 7. The summed E-state index contributed by atoms with van der Waals surface area (Å²) in [4.78, 5) is 24.6. The van der Waals surface area contributed by atoms with Gasteiger partial charge in [0.1, 0.15) is 5.69 Å². The number of methoxy groups -OCH3 is 2. The number of rotatable bonds is 6. The Balaban J connectivity index is 0.000000470. The molecule has 214 valence electrons. The number of carboxylic acid groups (broad SMARTS) is 1. The highest BCUT2D eigenvalue weighted by Gasteiger charge is 2.38. The number of H-pyrrole nitrogens is 1. The van der Waals surface area contributed by atoms with Gasteiger partial charge < -0.3 is 19.9 Å². The third kappa shape index (κ3) is 6.71. The van der Waals surface area contributed by atoms with Crippen molar-refractivity contribution in [2.24, 2.45) is 0 Å². The molecule has 3 N–H and O–H groups in total. The highest BCUT2D eigenvalue weighted by atomic mass is 19.4. The molecule has 13 heteroatoms. The third-order valence-corrected chi connectivity index (χ3v) is 7.07. The zero-order valence-electron chi connectivity index (χ0n) is 22.0. The van der Waals surface area contributed by atoms with E-state index in [1.165, 1.54) is 30.4 Å². The molecule has 0 bridgehead atoms. The van der Waals surface area contributed by atoms with Gasteiger partial charge in [-0.2, -0.15) is 13.2 Å². The first-order valence-electron chi connectivity index (χ1n) is 12.7. The van der Waals surface area contributed by atoms with E-state index in [0.717, 1.165) is 37.7 Å². The number of fused-ring (bicyclic) bond motifs is 1. The van der Waals surface area contributed by atoms with Gasteiger partial charge in [-0.25, -0.2) is 4.79 Å². The van der Waals surface area contributed by atoms with Gasteiger partial charge in [-0.1, -0.05) is 17.7 Å². The maximum atomic E-state index is 13.1. The summed E-state index contributed by atoms with van der Waals surface area (Å²) in [7, 11) is 3.15. The van der Waals surface area contributed by atoms with Crippen LogP contribution < -0.4 is 14.8 Å². The van der Waals surface area contributed by atoms with Crippen molar-refractivity contribution in [3.63, 3.8) is 0 Å². The first-order chi connectivity index (χ1) is 19.1. The lowest BCUT2D eigenvalue weighted by Gasteiger charge is -2.36. The molecular formula is C27H30F3N5O5. The van der Waals surface area contributed by atoms with Crippen molar-refractivity contribution in [3.05, 3.63) is 53.2 Å². The molecule has 1 amide bonds. The lowest BCUT2D eigenvalue weighted by Crippen LogP contribution is -2.41. The van der Waals surface area contributed by atoms with E-state index in [0.29, 0.717) is 28.5 Å². The summed E-state index contributed by atoms with van der Waals surface area (Å²) in [5.74, 6) is -1.87. The van der Waals surface area contributed by atoms with Crippen LogP contribution in [0.3, 0.4) is 0 Å². The minimum absolute atomic E-state index is 0.283. The normalized spacial score (nSPS) is 15.5. The fourth-order valence-corrected chi connectivity index (χ4v) is 4.70. The fraction of sp³-hybridized carbons (Fsp3) is 0.407. The number of aromatic nitrogens is 3. The van der Waals surface area contributed by atoms with Crippen LogP contribution in [0.15, 0.2) is 36.4 Å². The lowest BCUT2D eigenvalue weighted by atomic mass is 9.91. The van der Waals surface area contributed by atoms with Crippen LogP contribution in [-0.2, 0) is 17.6 Å². The van der Waals surface area contributed by atoms with Gasteiger partial charge in [0.2, 0.25) is 0 Å². The number of hydrogen-bond donors (Lipinski definition) is 3. The monoisotopic (exact) mass is 561 g/mol. The van der Waals surface area contributed by atoms with Crippen LogP contribution in [0.1, 0.15) is 40.9 Å². The zero-order valence-corrected chi connectivity index (χ0v) is 22.0. The second kappa shape index (κ2) is 12.4. The maximum Gasteiger partial charge on any atom is 0.490 e. The van der Waals surface area contributed by atoms with Gasteiger partial charge in [0.25, 0.3) is 5.91 Å². The van der Waals surface area contributed by atoms with Crippen LogP contribution in [-0.4, -0.2) is 76.8 Å². The number of halogens is 3. The summed E-state index contributed by atoms with van der Waals surface area (Å²) in [5, 5.41) is 20.9. The Morgan fingerprint density at radius 3 is 2.30 bits per heavy atom. The first kappa shape index (κ1) is 28.9. The molecule has 3 aromatic rings. The van der Waals surface area contributed by atoms with E-state index < -0.39 is 12.1 Å². The first-order valence-corrected chi connectivity index (χ1v) is 12.7. The number of anilines is 1. The predicted molar refractivity (Wildman–Crippen MR) is 140 cm³/mol. The molecule has 2 aliphatic rings. The van der Waals surface area contributed by atoms with Crippen LogP contribution in [0.25, 0.3) is 11.3 Å². The summed E-state index contributed by atoms with van der Waals surface area (Å²) >= 11 is 0. The fourth-order valence-electron chi connectivity index (χ4n) is 4.70. The van der Waals surface area contributed by atoms with Crippen molar-refractivity contribution in [1.29, 1.82) is 0 Å². The molecule has 0 atom stereocenters. The standard InChI is InChI=1S/C25H29N5O3.C2HF3O2/c1-32-21-9-7-18(15-22(21)33-2)23-24(28-29-27-23)25(31)26-19-8-6-16-10-12-30(20-4-3-5-20)13-11-17(16)14-19;3-2(4,5)1(6)7/h6-9,14-15,20H,3-5,10-13H2,1-2H3,(H,26,31)(H,27,28,29);(H,6,7). The summed E-state index contributed by atoms with van der Waals surface area (Å²) in [6.45, 7) is 2.21. The summed E-state index contributed by atoms with van der Waals surface area (Å²) in [6.07, 6.45) is 1.01. The second-order valence-corrected chi connectivity index (χ2v) is 9.47. The number of carbonyl (C=O) groups excluding carboxylic acids is 1. The Labute approximate surface area is 228 Å². The quantitative estimate of drug-likeness (QED) is 0.406. The van der Waals surface area contributed by atoms with Gasteiger partial charge in [0, 0.05) is 30.4 Å². The Hall–Kier alpha value is -4.13. The van der Waals surface area contributed by atoms with Crippen molar-refractivity contribution in [2.45, 2.75) is 44.3 Å². The van der Waals surface area contributed by atoms with Crippen LogP contribution in [0.2, 0.25) is 0 Å². The zero-order chi connectivity index (χ0) is 28.9. The number of benzene rings is 2. The molecule has 1 fully saturated rings. The molecule has 1 saturated carbocycles. The number of carbonyl (C=O) groups is 2. The molecule has 10 nitrogen and oxygen atoms in total. The smallest absolute Gasteiger partial charge is 0.490 e. The molecule has 2 aromatic carbocycles. The van der Waals surface area contributed by atoms with Gasteiger partial charge >= 0.3 is 12.1 Å². The molecule has 0 spiro atoms. The number of amides is 1. The molecule has 0 saturated heterocycles. The highest BCUT2D eigenvalue weighted by molar-refractivity contribution is 6.06. The topological polar surface area (TPSA) is 130 Å². The van der Waals surface area contributed by atoms with E-state index in [1.54, 1.807) is 26.4 Å². The van der Waals surface area contributed by atoms with Crippen molar-refractivity contribution in [3.8, 4) is 22.8 Å². The van der Waals surface area contributed by atoms with Crippen molar-refractivity contribution < 1.29 is 37.3 Å². The average Bonchev–Trinajstić information content (AvgIpc) is 3.30. The van der Waals surface area contributed by atoms with Crippen molar-refractivity contribution >= 4 is 17.6 Å². The van der Waals surface area contributed by atoms with Crippen molar-refractivity contribution in [1.82, 2.24) is 20.3 Å². The third-order valence-electron chi connectivity index (χ3n) is 7.07. The molecule has 1 aromatic heterocycles. The number of alkyl halides is 3. The number of nitrogens with zero attached hydrogens (tertiary/aromatic N) is 3. The molecule has 1 aliphatic heterocycles. The SMILES string of the molecule is COc1ccc(-c2nn[nH]c2C(=O)Nc2ccc3c(c2)CCN(C2CCC2)CC3)cc1OC.O=C(O)C(F)(F)F. The van der Waals surface area contributed by atoms with E-state index in [9.17, 15) is 18.0 Å². The second-order valence-electron chi connectivity index (χ2n) is 9.47. The largest absolute Gasteiger partial charge is 0.493 e. The number of aromatic amines is 1. The Morgan fingerprint density at radius 1 is 1.02 bits per heavy atom. The molecule has 5 rings (SSSR count). The molecular weight excluding hydrogens is 531 g/mol. The Kier molecular flexibility index (Phi) is 8.93. The summed E-state index contributed by atoms with van der Waals surface area (Å²) in [6, 6.07) is 12.4. The minimum Gasteiger partial charge on any atom is -0.493 e. The van der Waals surface area contributed by atoms with Crippen LogP contribution in [0, 0.1) is 0 Å². The van der Waals surface area contributed by atoms with Crippen molar-refractivity contribution in [2.75, 3.05) is 32.6 Å². The van der Waals surface area contributed by atoms with E-state index in [2.05, 4.69) is 37.8 Å². The van der Waals surface area contributed by atoms with E-state index >= 15 is 0 Å². The van der Waals surface area contributed by atoms with Crippen LogP contribution in [0.5, 0.6) is 11.5 Å². The Morgan fingerprint density at radius 2 is 1.70 bits per heavy atom. The minimum atomic E-state index is -5.08. The number of ether oxygens (including phenoxy) is 2. The van der Waals surface area contributed by atoms with Gasteiger partial charge in [-0.05, 0) is 67.1 Å². The molecule has 2 heterocycles. The van der Waals surface area contributed by atoms with Gasteiger partial charge in [0.05, 0.1) is 14.2 Å². The predicted octanol–water partition coefficient (Wildman–Crippen LogP) is 4.33. The summed E-state index contributed by atoms with van der Waals surface area (Å²) in [5.41, 5.74) is 4.95. The molecule has 40 heavy (non-hydrogen) atoms. The van der Waals surface area contributed by atoms with Crippen LogP contribution >= 0.6 is 0 Å². The maximum absolute atomic E-state index is 13.1. The Bertz CT molecular complexity index is 1360. The molecule has 0 radical (unpaired) electrons. The van der Waals surface area contributed by atoms with E-state index in [1.807, 2.05) is 12.1 Å². The highest BCUT2D eigenvalue weighted by Crippen LogP contribution is 2.33. The van der Waals surface area contributed by atoms with Gasteiger partial charge in [-0.3, -0.25) is 14.8 Å². The van der Waals surface area contributed by atoms with E-state index in [4.69, 9.17) is 19.4 Å². The lowest BCUT2D eigenvalue weighted by molar-refractivity contribution is -0.192. The number of carboxylic acids is 1. The number of nitrogens with one attached hydrogen (secondary N) is 2. The summed E-state index contributed by atoms with van der Waals surface area (Å²) < 4.78 is 42.4. The molecule has 0 unspecified atom stereocenters.